The summed E-state index contributed by atoms with van der Waals surface area (Å²) in [6.07, 6.45) is 0.624. The van der Waals surface area contributed by atoms with Crippen molar-refractivity contribution in [3.8, 4) is 0 Å². The van der Waals surface area contributed by atoms with Crippen molar-refractivity contribution in [2.45, 2.75) is 32.0 Å². The van der Waals surface area contributed by atoms with Crippen molar-refractivity contribution < 1.29 is 19.1 Å². The highest BCUT2D eigenvalue weighted by Gasteiger charge is 2.28. The second kappa shape index (κ2) is 13.6. The Morgan fingerprint density at radius 2 is 1.53 bits per heavy atom. The lowest BCUT2D eigenvalue weighted by Gasteiger charge is -2.38. The fraction of sp³-hybridized carbons (Fsp3) is 0.355. The van der Waals surface area contributed by atoms with Crippen molar-refractivity contribution in [2.75, 3.05) is 39.8 Å². The summed E-state index contributed by atoms with van der Waals surface area (Å²) in [7, 11) is 1.37. The van der Waals surface area contributed by atoms with Gasteiger partial charge in [0, 0.05) is 37.7 Å². The normalized spacial score (nSPS) is 15.6. The zero-order valence-electron chi connectivity index (χ0n) is 22.0. The summed E-state index contributed by atoms with van der Waals surface area (Å²) >= 11 is 6.13. The standard InChI is InChI=1S/C31H35ClN2O4/c1-3-28(24-7-5-4-6-8-24)30(35)34-19-17-33(18-20-34)21-29(25-13-15-27(32)16-14-25)38-22-23-9-11-26(12-10-23)31(36)37-2/h4-16,28-29H,3,17-22H2,1-2H3/t28-,29-/m1/s1. The Hall–Kier alpha value is -3.19. The number of nitrogens with zero attached hydrogens (tertiary/aromatic N) is 2. The van der Waals surface area contributed by atoms with Gasteiger partial charge in [-0.15, -0.1) is 0 Å². The zero-order valence-corrected chi connectivity index (χ0v) is 22.8. The highest BCUT2D eigenvalue weighted by Crippen LogP contribution is 2.25. The van der Waals surface area contributed by atoms with Crippen LogP contribution < -0.4 is 0 Å². The Kier molecular flexibility index (Phi) is 9.93. The second-order valence-corrected chi connectivity index (χ2v) is 9.97. The topological polar surface area (TPSA) is 59.1 Å². The van der Waals surface area contributed by atoms with Crippen molar-refractivity contribution in [2.24, 2.45) is 0 Å². The maximum Gasteiger partial charge on any atom is 0.337 e. The molecule has 1 amide bonds. The molecule has 0 unspecified atom stereocenters. The summed E-state index contributed by atoms with van der Waals surface area (Å²) in [5.41, 5.74) is 3.61. The quantitative estimate of drug-likeness (QED) is 0.311. The molecule has 1 aliphatic rings. The maximum absolute atomic E-state index is 13.3. The molecule has 38 heavy (non-hydrogen) atoms. The van der Waals surface area contributed by atoms with E-state index < -0.39 is 0 Å². The average Bonchev–Trinajstić information content (AvgIpc) is 2.97. The van der Waals surface area contributed by atoms with Crippen LogP contribution in [0.15, 0.2) is 78.9 Å². The first-order valence-corrected chi connectivity index (χ1v) is 13.5. The van der Waals surface area contributed by atoms with Crippen LogP contribution in [0.4, 0.5) is 0 Å². The third-order valence-electron chi connectivity index (χ3n) is 7.08. The number of hydrogen-bond donors (Lipinski definition) is 0. The molecule has 0 radical (unpaired) electrons. The van der Waals surface area contributed by atoms with Gasteiger partial charge >= 0.3 is 5.97 Å². The van der Waals surface area contributed by atoms with Crippen LogP contribution in [0.2, 0.25) is 5.02 Å². The van der Waals surface area contributed by atoms with Gasteiger partial charge in [-0.05, 0) is 47.4 Å². The van der Waals surface area contributed by atoms with Gasteiger partial charge in [-0.1, -0.05) is 73.1 Å². The van der Waals surface area contributed by atoms with E-state index in [4.69, 9.17) is 21.1 Å². The molecule has 200 valence electrons. The number of hydrogen-bond acceptors (Lipinski definition) is 5. The van der Waals surface area contributed by atoms with Crippen molar-refractivity contribution in [1.29, 1.82) is 0 Å². The van der Waals surface area contributed by atoms with E-state index in [2.05, 4.69) is 11.8 Å². The number of carbonyl (C=O) groups is 2. The number of rotatable bonds is 10. The summed E-state index contributed by atoms with van der Waals surface area (Å²) in [5, 5.41) is 0.682. The summed E-state index contributed by atoms with van der Waals surface area (Å²) in [4.78, 5) is 29.4. The third kappa shape index (κ3) is 7.22. The van der Waals surface area contributed by atoms with Crippen LogP contribution in [0.3, 0.4) is 0 Å². The molecule has 0 aliphatic carbocycles. The van der Waals surface area contributed by atoms with Gasteiger partial charge in [0.1, 0.15) is 0 Å². The van der Waals surface area contributed by atoms with Crippen molar-refractivity contribution in [3.05, 3.63) is 106 Å². The van der Waals surface area contributed by atoms with Crippen LogP contribution in [-0.4, -0.2) is 61.5 Å². The van der Waals surface area contributed by atoms with Crippen LogP contribution in [0.5, 0.6) is 0 Å². The summed E-state index contributed by atoms with van der Waals surface area (Å²) in [5.74, 6) is -0.249. The Morgan fingerprint density at radius 1 is 0.868 bits per heavy atom. The molecule has 1 aliphatic heterocycles. The molecule has 0 N–H and O–H groups in total. The first-order valence-electron chi connectivity index (χ1n) is 13.1. The predicted octanol–water partition coefficient (Wildman–Crippen LogP) is 5.72. The zero-order chi connectivity index (χ0) is 26.9. The van der Waals surface area contributed by atoms with Gasteiger partial charge in [-0.3, -0.25) is 9.69 Å². The minimum Gasteiger partial charge on any atom is -0.465 e. The van der Waals surface area contributed by atoms with Crippen molar-refractivity contribution >= 4 is 23.5 Å². The molecule has 3 aromatic rings. The van der Waals surface area contributed by atoms with E-state index in [1.165, 1.54) is 7.11 Å². The number of halogens is 1. The van der Waals surface area contributed by atoms with Crippen LogP contribution in [-0.2, 0) is 20.9 Å². The molecule has 0 bridgehead atoms. The van der Waals surface area contributed by atoms with Gasteiger partial charge in [0.2, 0.25) is 5.91 Å². The Morgan fingerprint density at radius 3 is 2.13 bits per heavy atom. The van der Waals surface area contributed by atoms with Crippen LogP contribution in [0.1, 0.15) is 52.4 Å². The molecular formula is C31H35ClN2O4. The lowest BCUT2D eigenvalue weighted by molar-refractivity contribution is -0.135. The monoisotopic (exact) mass is 534 g/mol. The van der Waals surface area contributed by atoms with Crippen molar-refractivity contribution in [3.63, 3.8) is 0 Å². The molecule has 7 heteroatoms. The summed E-state index contributed by atoms with van der Waals surface area (Å²) in [6, 6.07) is 25.1. The molecule has 0 spiro atoms. The SMILES string of the molecule is CC[C@@H](C(=O)N1CCN(C[C@@H](OCc2ccc(C(=O)OC)cc2)c2ccc(Cl)cc2)CC1)c1ccccc1. The van der Waals surface area contributed by atoms with Gasteiger partial charge in [0.25, 0.3) is 0 Å². The minimum atomic E-state index is -0.358. The highest BCUT2D eigenvalue weighted by atomic mass is 35.5. The van der Waals surface area contributed by atoms with E-state index in [0.29, 0.717) is 36.8 Å². The fourth-order valence-corrected chi connectivity index (χ4v) is 4.95. The van der Waals surface area contributed by atoms with Gasteiger partial charge in [0.05, 0.1) is 31.3 Å². The van der Waals surface area contributed by atoms with E-state index in [1.54, 1.807) is 12.1 Å². The van der Waals surface area contributed by atoms with E-state index in [-0.39, 0.29) is 23.9 Å². The third-order valence-corrected chi connectivity index (χ3v) is 7.34. The van der Waals surface area contributed by atoms with E-state index in [0.717, 1.165) is 36.2 Å². The molecule has 0 saturated carbocycles. The summed E-state index contributed by atoms with van der Waals surface area (Å²) in [6.45, 7) is 6.16. The minimum absolute atomic E-state index is 0.0986. The number of piperazine rings is 1. The van der Waals surface area contributed by atoms with Crippen LogP contribution in [0.25, 0.3) is 0 Å². The molecule has 1 heterocycles. The number of amides is 1. The molecule has 2 atom stereocenters. The van der Waals surface area contributed by atoms with Crippen LogP contribution in [0, 0.1) is 0 Å². The van der Waals surface area contributed by atoms with Crippen molar-refractivity contribution in [1.82, 2.24) is 9.80 Å². The number of esters is 1. The largest absolute Gasteiger partial charge is 0.465 e. The molecule has 0 aromatic heterocycles. The Bertz CT molecular complexity index is 1180. The molecule has 1 fully saturated rings. The van der Waals surface area contributed by atoms with Gasteiger partial charge in [-0.25, -0.2) is 4.79 Å². The number of benzene rings is 3. The first-order chi connectivity index (χ1) is 18.5. The van der Waals surface area contributed by atoms with Gasteiger partial charge < -0.3 is 14.4 Å². The van der Waals surface area contributed by atoms with Crippen LogP contribution >= 0.6 is 11.6 Å². The summed E-state index contributed by atoms with van der Waals surface area (Å²) < 4.78 is 11.2. The highest BCUT2D eigenvalue weighted by molar-refractivity contribution is 6.30. The smallest absolute Gasteiger partial charge is 0.337 e. The first kappa shape index (κ1) is 27.8. The molecule has 3 aromatic carbocycles. The average molecular weight is 535 g/mol. The maximum atomic E-state index is 13.3. The molecule has 6 nitrogen and oxygen atoms in total. The molecule has 1 saturated heterocycles. The number of methoxy groups -OCH3 is 1. The lowest BCUT2D eigenvalue weighted by Crippen LogP contribution is -2.50. The van der Waals surface area contributed by atoms with E-state index >= 15 is 0 Å². The second-order valence-electron chi connectivity index (χ2n) is 9.54. The number of carbonyl (C=O) groups excluding carboxylic acids is 2. The number of ether oxygens (including phenoxy) is 2. The Labute approximate surface area is 230 Å². The fourth-order valence-electron chi connectivity index (χ4n) is 4.83. The van der Waals surface area contributed by atoms with E-state index in [1.807, 2.05) is 71.6 Å². The van der Waals surface area contributed by atoms with E-state index in [9.17, 15) is 9.59 Å². The van der Waals surface area contributed by atoms with Gasteiger partial charge in [0.15, 0.2) is 0 Å². The van der Waals surface area contributed by atoms with Gasteiger partial charge in [-0.2, -0.15) is 0 Å². The molecule has 4 rings (SSSR count). The lowest BCUT2D eigenvalue weighted by atomic mass is 9.95. The molecular weight excluding hydrogens is 500 g/mol. The Balaban J connectivity index is 1.37. The predicted molar refractivity (Wildman–Crippen MR) is 149 cm³/mol.